The lowest BCUT2D eigenvalue weighted by Gasteiger charge is -2.34. The predicted octanol–water partition coefficient (Wildman–Crippen LogP) is 4.41. The first kappa shape index (κ1) is 31.0. The van der Waals surface area contributed by atoms with E-state index in [1.807, 2.05) is 54.2 Å². The number of benzene rings is 2. The van der Waals surface area contributed by atoms with E-state index in [2.05, 4.69) is 22.6 Å². The van der Waals surface area contributed by atoms with Crippen molar-refractivity contribution in [3.8, 4) is 0 Å². The summed E-state index contributed by atoms with van der Waals surface area (Å²) >= 11 is 0. The molecule has 2 atom stereocenters. The van der Waals surface area contributed by atoms with Crippen LogP contribution in [0.1, 0.15) is 63.6 Å². The highest BCUT2D eigenvalue weighted by atomic mass is 32.2. The van der Waals surface area contributed by atoms with Gasteiger partial charge < -0.3 is 9.88 Å². The normalized spacial score (nSPS) is 18.9. The highest BCUT2D eigenvalue weighted by molar-refractivity contribution is 7.89. The molecule has 4 aromatic rings. The van der Waals surface area contributed by atoms with E-state index < -0.39 is 16.1 Å². The topological polar surface area (TPSA) is 122 Å². The van der Waals surface area contributed by atoms with Gasteiger partial charge in [-0.3, -0.25) is 14.5 Å². The first-order valence-electron chi connectivity index (χ1n) is 15.8. The highest BCUT2D eigenvalue weighted by Crippen LogP contribution is 2.32. The molecule has 1 saturated heterocycles. The zero-order valence-corrected chi connectivity index (χ0v) is 26.7. The number of carbonyl (C=O) groups excluding carboxylic acids is 2. The molecule has 0 spiro atoms. The molecule has 1 N–H and O–H groups in total. The zero-order valence-electron chi connectivity index (χ0n) is 25.9. The van der Waals surface area contributed by atoms with Gasteiger partial charge in [-0.25, -0.2) is 13.1 Å². The quantitative estimate of drug-likeness (QED) is 0.292. The number of aryl methyl sites for hydroxylation is 1. The number of nitrogens with one attached hydrogen (secondary N) is 1. The SMILES string of the molecule is C[C@@H]1CCCN(S(=O)(=O)c2ccc(N(C(=O)Cn3nnc4ccccc43)[C@@H](C(=O)NC3CCCCC3)c3cccn3C)cc2)C1. The van der Waals surface area contributed by atoms with Gasteiger partial charge in [-0.05, 0) is 80.1 Å². The number of aromatic nitrogens is 4. The number of piperidine rings is 1. The molecule has 2 aromatic carbocycles. The van der Waals surface area contributed by atoms with Gasteiger partial charge in [0.15, 0.2) is 6.04 Å². The first-order chi connectivity index (χ1) is 21.7. The fraction of sp³-hybridized carbons (Fsp3) is 0.455. The largest absolute Gasteiger partial charge is 0.352 e. The van der Waals surface area contributed by atoms with E-state index in [0.29, 0.717) is 41.4 Å². The van der Waals surface area contributed by atoms with Crippen LogP contribution in [0.2, 0.25) is 0 Å². The number of sulfonamides is 1. The Kier molecular flexibility index (Phi) is 9.04. The lowest BCUT2D eigenvalue weighted by molar-refractivity contribution is -0.127. The maximum atomic E-state index is 14.4. The summed E-state index contributed by atoms with van der Waals surface area (Å²) in [6, 6.07) is 16.4. The Morgan fingerprint density at radius 3 is 2.44 bits per heavy atom. The average molecular weight is 632 g/mol. The van der Waals surface area contributed by atoms with Crippen molar-refractivity contribution in [1.82, 2.24) is 29.2 Å². The minimum atomic E-state index is -3.70. The molecule has 0 unspecified atom stereocenters. The van der Waals surface area contributed by atoms with Crippen molar-refractivity contribution in [1.29, 1.82) is 0 Å². The lowest BCUT2D eigenvalue weighted by atomic mass is 9.95. The number of anilines is 1. The Labute approximate surface area is 264 Å². The number of fused-ring (bicyclic) bond motifs is 1. The summed E-state index contributed by atoms with van der Waals surface area (Å²) in [7, 11) is -1.86. The van der Waals surface area contributed by atoms with Crippen LogP contribution in [-0.4, -0.2) is 63.2 Å². The molecule has 3 heterocycles. The Morgan fingerprint density at radius 1 is 0.978 bits per heavy atom. The molecule has 1 saturated carbocycles. The van der Waals surface area contributed by atoms with Gasteiger partial charge >= 0.3 is 0 Å². The van der Waals surface area contributed by atoms with Gasteiger partial charge in [0.25, 0.3) is 0 Å². The van der Waals surface area contributed by atoms with Crippen LogP contribution in [-0.2, 0) is 33.2 Å². The summed E-state index contributed by atoms with van der Waals surface area (Å²) < 4.78 is 32.0. The van der Waals surface area contributed by atoms with Crippen LogP contribution in [0.3, 0.4) is 0 Å². The summed E-state index contributed by atoms with van der Waals surface area (Å²) in [5.41, 5.74) is 2.41. The molecular formula is C33H41N7O4S. The Bertz CT molecular complexity index is 1760. The second kappa shape index (κ2) is 13.1. The summed E-state index contributed by atoms with van der Waals surface area (Å²) in [5, 5.41) is 11.7. The van der Waals surface area contributed by atoms with E-state index in [1.54, 1.807) is 16.4 Å². The number of para-hydroxylation sites is 1. The van der Waals surface area contributed by atoms with Crippen LogP contribution in [0, 0.1) is 5.92 Å². The molecule has 11 nitrogen and oxygen atoms in total. The second-order valence-corrected chi connectivity index (χ2v) is 14.3. The lowest BCUT2D eigenvalue weighted by Crippen LogP contribution is -2.48. The molecule has 2 amide bonds. The number of rotatable bonds is 9. The molecule has 2 fully saturated rings. The van der Waals surface area contributed by atoms with Crippen molar-refractivity contribution in [2.24, 2.45) is 13.0 Å². The van der Waals surface area contributed by atoms with Crippen LogP contribution in [0.15, 0.2) is 71.8 Å². The minimum Gasteiger partial charge on any atom is -0.352 e. The Hall–Kier alpha value is -4.03. The van der Waals surface area contributed by atoms with Crippen LogP contribution in [0.4, 0.5) is 5.69 Å². The number of hydrogen-bond acceptors (Lipinski definition) is 6. The maximum Gasteiger partial charge on any atom is 0.249 e. The van der Waals surface area contributed by atoms with Crippen molar-refractivity contribution in [3.63, 3.8) is 0 Å². The van der Waals surface area contributed by atoms with Crippen molar-refractivity contribution in [3.05, 3.63) is 72.6 Å². The Morgan fingerprint density at radius 2 is 1.73 bits per heavy atom. The fourth-order valence-corrected chi connectivity index (χ4v) is 8.24. The predicted molar refractivity (Wildman–Crippen MR) is 172 cm³/mol. The van der Waals surface area contributed by atoms with Gasteiger partial charge in [-0.2, -0.15) is 4.31 Å². The number of carbonyl (C=O) groups is 2. The van der Waals surface area contributed by atoms with Crippen molar-refractivity contribution in [2.75, 3.05) is 18.0 Å². The van der Waals surface area contributed by atoms with Crippen LogP contribution in [0.25, 0.3) is 11.0 Å². The molecule has 1 aliphatic heterocycles. The standard InChI is InChI=1S/C33H41N7O4S/c1-24-10-8-21-38(22-24)45(43,44)27-18-16-26(17-19-27)40(31(41)23-39-29-14-7-6-13-28(29)35-36-39)32(30-15-9-20-37(30)2)33(42)34-25-11-4-3-5-12-25/h6-7,9,13-20,24-25,32H,3-5,8,10-12,21-23H2,1-2H3,(H,34,42)/t24-,32-/m1/s1. The molecule has 238 valence electrons. The van der Waals surface area contributed by atoms with Gasteiger partial charge in [-0.1, -0.05) is 43.5 Å². The van der Waals surface area contributed by atoms with Crippen LogP contribution < -0.4 is 10.2 Å². The van der Waals surface area contributed by atoms with Crippen molar-refractivity contribution in [2.45, 2.75) is 75.4 Å². The molecule has 6 rings (SSSR count). The maximum absolute atomic E-state index is 14.4. The summed E-state index contributed by atoms with van der Waals surface area (Å²) in [6.45, 7) is 2.87. The third-order valence-corrected chi connectivity index (χ3v) is 10.9. The van der Waals surface area contributed by atoms with Gasteiger partial charge in [0.05, 0.1) is 16.1 Å². The van der Waals surface area contributed by atoms with Crippen LogP contribution >= 0.6 is 0 Å². The number of nitrogens with zero attached hydrogens (tertiary/aromatic N) is 6. The van der Waals surface area contributed by atoms with Gasteiger partial charge in [0, 0.05) is 38.1 Å². The van der Waals surface area contributed by atoms with Gasteiger partial charge in [0.1, 0.15) is 12.1 Å². The van der Waals surface area contributed by atoms with Gasteiger partial charge in [-0.15, -0.1) is 5.10 Å². The van der Waals surface area contributed by atoms with E-state index >= 15 is 0 Å². The number of hydrogen-bond donors (Lipinski definition) is 1. The van der Waals surface area contributed by atoms with Crippen molar-refractivity contribution >= 4 is 38.6 Å². The molecule has 12 heteroatoms. The van der Waals surface area contributed by atoms with E-state index in [1.165, 1.54) is 21.7 Å². The third-order valence-electron chi connectivity index (χ3n) is 9.07. The zero-order chi connectivity index (χ0) is 31.6. The molecule has 1 aliphatic carbocycles. The van der Waals surface area contributed by atoms with E-state index in [0.717, 1.165) is 44.9 Å². The molecule has 0 bridgehead atoms. The monoisotopic (exact) mass is 631 g/mol. The third kappa shape index (κ3) is 6.53. The van der Waals surface area contributed by atoms with Gasteiger partial charge in [0.2, 0.25) is 21.8 Å². The fourth-order valence-electron chi connectivity index (χ4n) is 6.64. The first-order valence-corrected chi connectivity index (χ1v) is 17.3. The van der Waals surface area contributed by atoms with Crippen molar-refractivity contribution < 1.29 is 18.0 Å². The van der Waals surface area contributed by atoms with E-state index in [-0.39, 0.29) is 29.3 Å². The molecule has 0 radical (unpaired) electrons. The van der Waals surface area contributed by atoms with Crippen LogP contribution in [0.5, 0.6) is 0 Å². The minimum absolute atomic E-state index is 0.0321. The summed E-state index contributed by atoms with van der Waals surface area (Å²) in [4.78, 5) is 30.2. The molecule has 45 heavy (non-hydrogen) atoms. The smallest absolute Gasteiger partial charge is 0.249 e. The summed E-state index contributed by atoms with van der Waals surface area (Å²) in [5.74, 6) is -0.363. The van der Waals surface area contributed by atoms with E-state index in [9.17, 15) is 18.0 Å². The molecule has 2 aromatic heterocycles. The molecular weight excluding hydrogens is 590 g/mol. The number of amides is 2. The second-order valence-electron chi connectivity index (χ2n) is 12.4. The molecule has 2 aliphatic rings. The summed E-state index contributed by atoms with van der Waals surface area (Å²) in [6.07, 6.45) is 8.72. The highest BCUT2D eigenvalue weighted by Gasteiger charge is 2.36. The Balaban J connectivity index is 1.39. The average Bonchev–Trinajstić information content (AvgIpc) is 3.66. The van der Waals surface area contributed by atoms with E-state index in [4.69, 9.17) is 0 Å².